The number of hydrogen-bond donors (Lipinski definition) is 1. The van der Waals surface area contributed by atoms with E-state index >= 15 is 0 Å². The maximum absolute atomic E-state index is 6.21. The lowest BCUT2D eigenvalue weighted by molar-refractivity contribution is 0.744. The van der Waals surface area contributed by atoms with Gasteiger partial charge in [-0.15, -0.1) is 0 Å². The second kappa shape index (κ2) is 7.18. The Morgan fingerprint density at radius 1 is 1.39 bits per heavy atom. The normalized spacial score (nSPS) is 18.2. The van der Waals surface area contributed by atoms with Crippen LogP contribution in [0, 0.1) is 0 Å². The van der Waals surface area contributed by atoms with Gasteiger partial charge in [-0.3, -0.25) is 0 Å². The minimum absolute atomic E-state index is 0.203. The molecule has 1 unspecified atom stereocenters. The van der Waals surface area contributed by atoms with Crippen molar-refractivity contribution in [3.63, 3.8) is 0 Å². The van der Waals surface area contributed by atoms with Crippen LogP contribution in [-0.4, -0.2) is 17.0 Å². The summed E-state index contributed by atoms with van der Waals surface area (Å²) >= 11 is 11.7. The Balaban J connectivity index is 1.80. The highest BCUT2D eigenvalue weighted by molar-refractivity contribution is 9.10. The predicted molar refractivity (Wildman–Crippen MR) is 85.5 cm³/mol. The molecule has 1 fully saturated rings. The van der Waals surface area contributed by atoms with Gasteiger partial charge in [0.25, 0.3) is 0 Å². The van der Waals surface area contributed by atoms with Gasteiger partial charge in [-0.25, -0.2) is 0 Å². The molecule has 4 heteroatoms. The van der Waals surface area contributed by atoms with E-state index in [2.05, 4.69) is 22.0 Å². The molecule has 2 rings (SSSR count). The van der Waals surface area contributed by atoms with E-state index in [0.29, 0.717) is 0 Å². The number of hydrogen-bond acceptors (Lipinski definition) is 2. The molecular weight excluding hydrogens is 330 g/mol. The molecule has 1 aliphatic rings. The van der Waals surface area contributed by atoms with Crippen molar-refractivity contribution < 1.29 is 0 Å². The summed E-state index contributed by atoms with van der Waals surface area (Å²) in [5.41, 5.74) is 7.35. The van der Waals surface area contributed by atoms with Gasteiger partial charge in [-0.1, -0.05) is 46.4 Å². The Labute approximate surface area is 127 Å². The van der Waals surface area contributed by atoms with Crippen LogP contribution < -0.4 is 5.73 Å². The fraction of sp³-hybridized carbons (Fsp3) is 0.571. The van der Waals surface area contributed by atoms with E-state index in [4.69, 9.17) is 17.3 Å². The molecule has 1 saturated carbocycles. The van der Waals surface area contributed by atoms with Crippen LogP contribution in [0.5, 0.6) is 0 Å². The van der Waals surface area contributed by atoms with Crippen LogP contribution in [0.3, 0.4) is 0 Å². The van der Waals surface area contributed by atoms with Gasteiger partial charge in [0.2, 0.25) is 0 Å². The second-order valence-corrected chi connectivity index (χ2v) is 7.60. The van der Waals surface area contributed by atoms with E-state index in [0.717, 1.165) is 32.5 Å². The summed E-state index contributed by atoms with van der Waals surface area (Å²) in [5.74, 6) is 1.04. The fourth-order valence-electron chi connectivity index (χ4n) is 2.34. The molecule has 1 nitrogen and oxygen atoms in total. The summed E-state index contributed by atoms with van der Waals surface area (Å²) in [5, 5.41) is 1.65. The maximum Gasteiger partial charge on any atom is 0.0449 e. The molecule has 0 aliphatic heterocycles. The zero-order valence-corrected chi connectivity index (χ0v) is 13.5. The van der Waals surface area contributed by atoms with Gasteiger partial charge in [0, 0.05) is 26.5 Å². The van der Waals surface area contributed by atoms with E-state index in [-0.39, 0.29) is 6.04 Å². The molecule has 0 saturated heterocycles. The Kier molecular flexibility index (Phi) is 5.87. The number of benzene rings is 1. The van der Waals surface area contributed by atoms with Gasteiger partial charge in [0.15, 0.2) is 0 Å². The first-order chi connectivity index (χ1) is 8.65. The van der Waals surface area contributed by atoms with Crippen molar-refractivity contribution in [3.8, 4) is 0 Å². The molecule has 0 amide bonds. The van der Waals surface area contributed by atoms with E-state index in [1.807, 2.05) is 23.9 Å². The first kappa shape index (κ1) is 14.7. The average molecular weight is 349 g/mol. The monoisotopic (exact) mass is 347 g/mol. The third-order valence-electron chi connectivity index (χ3n) is 3.35. The summed E-state index contributed by atoms with van der Waals surface area (Å²) < 4.78 is 1.02. The van der Waals surface area contributed by atoms with Crippen LogP contribution in [0.4, 0.5) is 0 Å². The number of rotatable bonds is 5. The van der Waals surface area contributed by atoms with Crippen molar-refractivity contribution in [2.24, 2.45) is 5.73 Å². The summed E-state index contributed by atoms with van der Waals surface area (Å²) in [6, 6.07) is 6.23. The van der Waals surface area contributed by atoms with Crippen molar-refractivity contribution in [2.45, 2.75) is 43.4 Å². The molecule has 0 radical (unpaired) electrons. The van der Waals surface area contributed by atoms with Crippen LogP contribution in [0.15, 0.2) is 22.7 Å². The molecular formula is C14H19BrClNS. The third kappa shape index (κ3) is 4.44. The van der Waals surface area contributed by atoms with Crippen molar-refractivity contribution in [1.29, 1.82) is 0 Å². The lowest BCUT2D eigenvalue weighted by Gasteiger charge is -2.15. The summed E-state index contributed by atoms with van der Waals surface area (Å²) in [4.78, 5) is 0. The average Bonchev–Trinajstić information content (AvgIpc) is 2.83. The van der Waals surface area contributed by atoms with Gasteiger partial charge in [-0.2, -0.15) is 11.8 Å². The second-order valence-electron chi connectivity index (χ2n) is 4.94. The van der Waals surface area contributed by atoms with Gasteiger partial charge in [0.05, 0.1) is 0 Å². The van der Waals surface area contributed by atoms with Crippen LogP contribution in [0.1, 0.15) is 31.2 Å². The van der Waals surface area contributed by atoms with E-state index < -0.39 is 0 Å². The maximum atomic E-state index is 6.21. The Bertz CT molecular complexity index is 393. The molecule has 0 aromatic heterocycles. The Hall–Kier alpha value is 0.300. The first-order valence-electron chi connectivity index (χ1n) is 6.46. The van der Waals surface area contributed by atoms with Gasteiger partial charge in [-0.05, 0) is 37.0 Å². The molecule has 1 aromatic carbocycles. The van der Waals surface area contributed by atoms with Crippen molar-refractivity contribution >= 4 is 39.3 Å². The SMILES string of the molecule is NC(CSC1CCCC1)Cc1ccc(Br)cc1Cl. The minimum Gasteiger partial charge on any atom is -0.327 e. The predicted octanol–water partition coefficient (Wildman–Crippen LogP) is 4.65. The molecule has 1 atom stereocenters. The lowest BCUT2D eigenvalue weighted by Crippen LogP contribution is -2.26. The van der Waals surface area contributed by atoms with E-state index in [9.17, 15) is 0 Å². The molecule has 1 aliphatic carbocycles. The van der Waals surface area contributed by atoms with E-state index in [1.165, 1.54) is 25.7 Å². The van der Waals surface area contributed by atoms with Crippen LogP contribution >= 0.6 is 39.3 Å². The topological polar surface area (TPSA) is 26.0 Å². The van der Waals surface area contributed by atoms with Gasteiger partial charge in [0.1, 0.15) is 0 Å². The smallest absolute Gasteiger partial charge is 0.0449 e. The molecule has 2 N–H and O–H groups in total. The zero-order chi connectivity index (χ0) is 13.0. The largest absolute Gasteiger partial charge is 0.327 e. The van der Waals surface area contributed by atoms with Crippen LogP contribution in [0.25, 0.3) is 0 Å². The number of halogens is 2. The summed E-state index contributed by atoms with van der Waals surface area (Å²) in [7, 11) is 0. The number of thioether (sulfide) groups is 1. The van der Waals surface area contributed by atoms with Crippen molar-refractivity contribution in [2.75, 3.05) is 5.75 Å². The Morgan fingerprint density at radius 2 is 2.11 bits per heavy atom. The first-order valence-corrected chi connectivity index (χ1v) is 8.68. The highest BCUT2D eigenvalue weighted by atomic mass is 79.9. The third-order valence-corrected chi connectivity index (χ3v) is 5.75. The lowest BCUT2D eigenvalue weighted by atomic mass is 10.1. The molecule has 1 aromatic rings. The molecule has 0 spiro atoms. The Morgan fingerprint density at radius 3 is 2.78 bits per heavy atom. The van der Waals surface area contributed by atoms with Crippen LogP contribution in [0.2, 0.25) is 5.02 Å². The molecule has 0 bridgehead atoms. The minimum atomic E-state index is 0.203. The van der Waals surface area contributed by atoms with Crippen molar-refractivity contribution in [1.82, 2.24) is 0 Å². The van der Waals surface area contributed by atoms with Crippen LogP contribution in [-0.2, 0) is 6.42 Å². The number of nitrogens with two attached hydrogens (primary N) is 1. The molecule has 100 valence electrons. The van der Waals surface area contributed by atoms with Gasteiger partial charge < -0.3 is 5.73 Å². The zero-order valence-electron chi connectivity index (χ0n) is 10.4. The molecule has 18 heavy (non-hydrogen) atoms. The summed E-state index contributed by atoms with van der Waals surface area (Å²) in [6.45, 7) is 0. The standard InChI is InChI=1S/C14H19BrClNS/c15-11-6-5-10(14(16)8-11)7-12(17)9-18-13-3-1-2-4-13/h5-6,8,12-13H,1-4,7,9,17H2. The van der Waals surface area contributed by atoms with E-state index in [1.54, 1.807) is 0 Å². The highest BCUT2D eigenvalue weighted by Crippen LogP contribution is 2.30. The summed E-state index contributed by atoms with van der Waals surface area (Å²) in [6.07, 6.45) is 6.40. The highest BCUT2D eigenvalue weighted by Gasteiger charge is 2.17. The molecule has 0 heterocycles. The quantitative estimate of drug-likeness (QED) is 0.838. The van der Waals surface area contributed by atoms with Gasteiger partial charge >= 0.3 is 0 Å². The van der Waals surface area contributed by atoms with Crippen molar-refractivity contribution in [3.05, 3.63) is 33.3 Å². The fourth-order valence-corrected chi connectivity index (χ4v) is 4.40.